The van der Waals surface area contributed by atoms with Crippen molar-refractivity contribution in [3.8, 4) is 0 Å². The van der Waals surface area contributed by atoms with Gasteiger partial charge >= 0.3 is 0 Å². The van der Waals surface area contributed by atoms with Crippen molar-refractivity contribution < 1.29 is 0 Å². The molecule has 0 radical (unpaired) electrons. The zero-order valence-electron chi connectivity index (χ0n) is 16.5. The van der Waals surface area contributed by atoms with Crippen molar-refractivity contribution in [3.05, 3.63) is 71.8 Å². The van der Waals surface area contributed by atoms with E-state index in [0.29, 0.717) is 6.04 Å². The summed E-state index contributed by atoms with van der Waals surface area (Å²) >= 11 is 0. The molecule has 142 valence electrons. The predicted molar refractivity (Wildman–Crippen MR) is 113 cm³/mol. The molecule has 2 aromatic rings. The maximum Gasteiger partial charge on any atom is 0.00817 e. The van der Waals surface area contributed by atoms with Crippen molar-refractivity contribution in [3.63, 3.8) is 0 Å². The van der Waals surface area contributed by atoms with Crippen LogP contribution in [-0.2, 0) is 12.8 Å². The van der Waals surface area contributed by atoms with Crippen LogP contribution in [0.1, 0.15) is 57.1 Å². The molecule has 0 saturated heterocycles. The molecule has 1 fully saturated rings. The zero-order chi connectivity index (χ0) is 18.6. The smallest absolute Gasteiger partial charge is 0.00817 e. The number of hydrogen-bond donors (Lipinski definition) is 2. The van der Waals surface area contributed by atoms with Gasteiger partial charge in [-0.25, -0.2) is 0 Å². The molecule has 0 spiro atoms. The minimum absolute atomic E-state index is 0.266. The fraction of sp³-hybridized carbons (Fsp3) is 0.500. The number of nitrogens with one attached hydrogen (secondary N) is 1. The first-order valence-electron chi connectivity index (χ1n) is 10.2. The lowest BCUT2D eigenvalue weighted by Crippen LogP contribution is -2.38. The normalized spacial score (nSPS) is 17.0. The van der Waals surface area contributed by atoms with Gasteiger partial charge in [0, 0.05) is 18.1 Å². The van der Waals surface area contributed by atoms with E-state index in [4.69, 9.17) is 5.73 Å². The molecule has 0 bridgehead atoms. The summed E-state index contributed by atoms with van der Waals surface area (Å²) in [4.78, 5) is 0. The molecule has 3 rings (SSSR count). The number of hydrogen-bond acceptors (Lipinski definition) is 2. The zero-order valence-corrected chi connectivity index (χ0v) is 16.5. The number of nitrogens with two attached hydrogens (primary N) is 1. The Bertz CT molecular complexity index is 574. The van der Waals surface area contributed by atoms with Crippen LogP contribution in [0.4, 0.5) is 0 Å². The third-order valence-electron chi connectivity index (χ3n) is 4.91. The molecule has 1 saturated carbocycles. The van der Waals surface area contributed by atoms with Crippen molar-refractivity contribution in [2.24, 2.45) is 5.73 Å². The van der Waals surface area contributed by atoms with E-state index in [-0.39, 0.29) is 6.04 Å². The minimum atomic E-state index is 0.266. The first kappa shape index (κ1) is 20.7. The van der Waals surface area contributed by atoms with E-state index in [2.05, 4.69) is 54.7 Å². The fourth-order valence-corrected chi connectivity index (χ4v) is 3.68. The van der Waals surface area contributed by atoms with Crippen molar-refractivity contribution >= 4 is 0 Å². The van der Waals surface area contributed by atoms with Crippen LogP contribution in [0.5, 0.6) is 0 Å². The van der Waals surface area contributed by atoms with Gasteiger partial charge in [-0.2, -0.15) is 0 Å². The Morgan fingerprint density at radius 3 is 1.81 bits per heavy atom. The van der Waals surface area contributed by atoms with Crippen molar-refractivity contribution in [1.82, 2.24) is 5.32 Å². The quantitative estimate of drug-likeness (QED) is 0.757. The molecule has 0 aromatic heterocycles. The summed E-state index contributed by atoms with van der Waals surface area (Å²) in [5, 5.41) is 3.77. The second-order valence-corrected chi connectivity index (χ2v) is 7.76. The predicted octanol–water partition coefficient (Wildman–Crippen LogP) is 5.12. The molecule has 1 aliphatic rings. The second-order valence-electron chi connectivity index (χ2n) is 7.76. The van der Waals surface area contributed by atoms with Gasteiger partial charge in [-0.05, 0) is 50.7 Å². The number of rotatable bonds is 6. The van der Waals surface area contributed by atoms with Crippen LogP contribution in [0.2, 0.25) is 0 Å². The van der Waals surface area contributed by atoms with Crippen molar-refractivity contribution in [1.29, 1.82) is 0 Å². The third kappa shape index (κ3) is 8.64. The van der Waals surface area contributed by atoms with E-state index in [1.54, 1.807) is 0 Å². The van der Waals surface area contributed by atoms with Crippen LogP contribution in [0.3, 0.4) is 0 Å². The Morgan fingerprint density at radius 1 is 0.808 bits per heavy atom. The van der Waals surface area contributed by atoms with Gasteiger partial charge in [0.2, 0.25) is 0 Å². The maximum atomic E-state index is 5.62. The van der Waals surface area contributed by atoms with Crippen LogP contribution >= 0.6 is 0 Å². The number of benzene rings is 2. The lowest BCUT2D eigenvalue weighted by atomic mass is 9.94. The Kier molecular flexibility index (Phi) is 9.44. The first-order chi connectivity index (χ1) is 12.6. The summed E-state index contributed by atoms with van der Waals surface area (Å²) in [7, 11) is 0. The maximum absolute atomic E-state index is 5.62. The van der Waals surface area contributed by atoms with Gasteiger partial charge in [0.25, 0.3) is 0 Å². The van der Waals surface area contributed by atoms with E-state index in [1.165, 1.54) is 43.2 Å². The van der Waals surface area contributed by atoms with Gasteiger partial charge in [-0.15, -0.1) is 0 Å². The molecule has 2 unspecified atom stereocenters. The highest BCUT2D eigenvalue weighted by Crippen LogP contribution is 2.18. The highest BCUT2D eigenvalue weighted by Gasteiger charge is 2.15. The van der Waals surface area contributed by atoms with Crippen molar-refractivity contribution in [2.75, 3.05) is 0 Å². The molecule has 3 N–H and O–H groups in total. The summed E-state index contributed by atoms with van der Waals surface area (Å²) in [6.45, 7) is 4.33. The molecule has 2 heteroatoms. The van der Waals surface area contributed by atoms with Gasteiger partial charge in [0.05, 0.1) is 0 Å². The van der Waals surface area contributed by atoms with E-state index < -0.39 is 0 Å². The monoisotopic (exact) mass is 352 g/mol. The molecule has 0 aliphatic heterocycles. The highest BCUT2D eigenvalue weighted by atomic mass is 14.9. The van der Waals surface area contributed by atoms with Gasteiger partial charge in [-0.3, -0.25) is 0 Å². The molecule has 26 heavy (non-hydrogen) atoms. The van der Waals surface area contributed by atoms with Crippen LogP contribution < -0.4 is 11.1 Å². The molecule has 0 amide bonds. The molecule has 1 aliphatic carbocycles. The van der Waals surface area contributed by atoms with Crippen molar-refractivity contribution in [2.45, 2.75) is 76.9 Å². The summed E-state index contributed by atoms with van der Waals surface area (Å²) in [6, 6.07) is 22.7. The third-order valence-corrected chi connectivity index (χ3v) is 4.91. The van der Waals surface area contributed by atoms with Gasteiger partial charge in [0.1, 0.15) is 0 Å². The molecule has 2 atom stereocenters. The molecule has 2 nitrogen and oxygen atoms in total. The van der Waals surface area contributed by atoms with Gasteiger partial charge < -0.3 is 11.1 Å². The lowest BCUT2D eigenvalue weighted by Gasteiger charge is -2.26. The van der Waals surface area contributed by atoms with Crippen LogP contribution in [-0.4, -0.2) is 18.1 Å². The SMILES string of the molecule is CC(Cc1ccccc1)NC1CCCCC1.CC(N)Cc1ccccc1. The van der Waals surface area contributed by atoms with Crippen LogP contribution in [0.15, 0.2) is 60.7 Å². The Labute approximate surface area is 160 Å². The van der Waals surface area contributed by atoms with E-state index in [0.717, 1.165) is 18.9 Å². The summed E-state index contributed by atoms with van der Waals surface area (Å²) in [5.74, 6) is 0. The second kappa shape index (κ2) is 11.9. The van der Waals surface area contributed by atoms with Crippen LogP contribution in [0.25, 0.3) is 0 Å². The topological polar surface area (TPSA) is 38.0 Å². The van der Waals surface area contributed by atoms with Gasteiger partial charge in [0.15, 0.2) is 0 Å². The molecule has 0 heterocycles. The van der Waals surface area contributed by atoms with Crippen LogP contribution in [0, 0.1) is 0 Å². The van der Waals surface area contributed by atoms with E-state index in [9.17, 15) is 0 Å². The molecule has 2 aromatic carbocycles. The lowest BCUT2D eigenvalue weighted by molar-refractivity contribution is 0.343. The Hall–Kier alpha value is -1.64. The van der Waals surface area contributed by atoms with Gasteiger partial charge in [-0.1, -0.05) is 79.9 Å². The Balaban J connectivity index is 0.000000209. The standard InChI is InChI=1S/C15H23N.C9H13N/c1-13(12-14-8-4-2-5-9-14)16-15-10-6-3-7-11-15;1-8(10)7-9-5-3-2-4-6-9/h2,4-5,8-9,13,15-16H,3,6-7,10-12H2,1H3;2-6,8H,7,10H2,1H3. The summed E-state index contributed by atoms with van der Waals surface area (Å²) < 4.78 is 0. The minimum Gasteiger partial charge on any atom is -0.328 e. The molecular weight excluding hydrogens is 316 g/mol. The average Bonchev–Trinajstić information content (AvgIpc) is 2.64. The molecular formula is C24H36N2. The Morgan fingerprint density at radius 2 is 1.31 bits per heavy atom. The average molecular weight is 353 g/mol. The summed E-state index contributed by atoms with van der Waals surface area (Å²) in [5.41, 5.74) is 8.38. The highest BCUT2D eigenvalue weighted by molar-refractivity contribution is 5.16. The summed E-state index contributed by atoms with van der Waals surface area (Å²) in [6.07, 6.45) is 9.13. The fourth-order valence-electron chi connectivity index (χ4n) is 3.68. The van der Waals surface area contributed by atoms with E-state index >= 15 is 0 Å². The first-order valence-corrected chi connectivity index (χ1v) is 10.2. The van der Waals surface area contributed by atoms with E-state index in [1.807, 2.05) is 25.1 Å². The largest absolute Gasteiger partial charge is 0.328 e.